The summed E-state index contributed by atoms with van der Waals surface area (Å²) in [4.78, 5) is 26.8. The van der Waals surface area contributed by atoms with E-state index in [1.165, 1.54) is 4.90 Å². The van der Waals surface area contributed by atoms with Gasteiger partial charge in [-0.05, 0) is 68.7 Å². The fourth-order valence-electron chi connectivity index (χ4n) is 2.86. The van der Waals surface area contributed by atoms with Gasteiger partial charge in [-0.2, -0.15) is 0 Å². The van der Waals surface area contributed by atoms with Crippen LogP contribution in [0.5, 0.6) is 11.5 Å². The van der Waals surface area contributed by atoms with Crippen molar-refractivity contribution in [3.63, 3.8) is 0 Å². The largest absolute Gasteiger partial charge is 0.497 e. The summed E-state index contributed by atoms with van der Waals surface area (Å²) >= 11 is 0. The van der Waals surface area contributed by atoms with E-state index in [2.05, 4.69) is 5.32 Å². The van der Waals surface area contributed by atoms with Crippen molar-refractivity contribution in [3.05, 3.63) is 59.2 Å². The molecule has 1 N–H and O–H groups in total. The first kappa shape index (κ1) is 22.3. The summed E-state index contributed by atoms with van der Waals surface area (Å²) in [6.45, 7) is 8.27. The normalized spacial score (nSPS) is 11.5. The van der Waals surface area contributed by atoms with Crippen LogP contribution in [0.2, 0.25) is 0 Å². The molecule has 2 amide bonds. The molecule has 0 aliphatic heterocycles. The van der Waals surface area contributed by atoms with Crippen LogP contribution in [0.1, 0.15) is 30.5 Å². The minimum Gasteiger partial charge on any atom is -0.497 e. The molecule has 1 atom stereocenters. The second-order valence-electron chi connectivity index (χ2n) is 6.98. The lowest BCUT2D eigenvalue weighted by Gasteiger charge is -2.28. The first-order valence-electron chi connectivity index (χ1n) is 9.75. The van der Waals surface area contributed by atoms with E-state index in [0.29, 0.717) is 18.8 Å². The third-order valence-corrected chi connectivity index (χ3v) is 4.87. The van der Waals surface area contributed by atoms with E-state index in [9.17, 15) is 9.59 Å². The third-order valence-electron chi connectivity index (χ3n) is 4.87. The molecule has 0 aliphatic carbocycles. The highest BCUT2D eigenvalue weighted by atomic mass is 16.5. The van der Waals surface area contributed by atoms with Gasteiger partial charge in [-0.25, -0.2) is 0 Å². The Hall–Kier alpha value is -3.02. The van der Waals surface area contributed by atoms with Gasteiger partial charge in [-0.15, -0.1) is 0 Å². The number of carbonyl (C=O) groups is 2. The summed E-state index contributed by atoms with van der Waals surface area (Å²) in [5.74, 6) is 0.927. The minimum absolute atomic E-state index is 0.137. The zero-order valence-electron chi connectivity index (χ0n) is 17.8. The summed E-state index contributed by atoms with van der Waals surface area (Å²) < 4.78 is 10.9. The maximum absolute atomic E-state index is 12.9. The Morgan fingerprint density at radius 3 is 2.28 bits per heavy atom. The number of hydrogen-bond donors (Lipinski definition) is 1. The van der Waals surface area contributed by atoms with Gasteiger partial charge in [-0.1, -0.05) is 18.2 Å². The van der Waals surface area contributed by atoms with Crippen LogP contribution in [0.25, 0.3) is 0 Å². The molecule has 0 saturated carbocycles. The molecule has 0 aromatic heterocycles. The molecule has 0 spiro atoms. The zero-order valence-corrected chi connectivity index (χ0v) is 17.8. The Bertz CT molecular complexity index is 833. The van der Waals surface area contributed by atoms with E-state index in [1.54, 1.807) is 14.0 Å². The summed E-state index contributed by atoms with van der Waals surface area (Å²) in [7, 11) is 1.60. The maximum Gasteiger partial charge on any atom is 0.261 e. The standard InChI is InChI=1S/C23H30N2O4/c1-6-24-23(27)18(4)25(14-19-8-11-20(28-5)12-9-19)22(26)15-29-21-10-7-16(2)17(3)13-21/h7-13,18H,6,14-15H2,1-5H3,(H,24,27). The van der Waals surface area contributed by atoms with E-state index in [-0.39, 0.29) is 18.4 Å². The molecule has 29 heavy (non-hydrogen) atoms. The molecule has 2 rings (SSSR count). The Morgan fingerprint density at radius 1 is 1.03 bits per heavy atom. The van der Waals surface area contributed by atoms with Crippen LogP contribution in [0.3, 0.4) is 0 Å². The van der Waals surface area contributed by atoms with E-state index in [0.717, 1.165) is 22.4 Å². The smallest absolute Gasteiger partial charge is 0.261 e. The first-order chi connectivity index (χ1) is 13.8. The van der Waals surface area contributed by atoms with E-state index in [1.807, 2.05) is 63.2 Å². The highest BCUT2D eigenvalue weighted by molar-refractivity contribution is 5.87. The molecule has 0 saturated heterocycles. The summed E-state index contributed by atoms with van der Waals surface area (Å²) in [6.07, 6.45) is 0. The highest BCUT2D eigenvalue weighted by Gasteiger charge is 2.26. The van der Waals surface area contributed by atoms with Crippen molar-refractivity contribution in [2.24, 2.45) is 0 Å². The molecular weight excluding hydrogens is 368 g/mol. The molecular formula is C23H30N2O4. The van der Waals surface area contributed by atoms with Crippen molar-refractivity contribution < 1.29 is 19.1 Å². The van der Waals surface area contributed by atoms with E-state index < -0.39 is 6.04 Å². The Labute approximate surface area is 172 Å². The number of amides is 2. The summed E-state index contributed by atoms with van der Waals surface area (Å²) in [6, 6.07) is 12.5. The number of nitrogens with zero attached hydrogens (tertiary/aromatic N) is 1. The number of aryl methyl sites for hydroxylation is 2. The van der Waals surface area contributed by atoms with Crippen LogP contribution in [-0.4, -0.2) is 43.0 Å². The number of carbonyl (C=O) groups excluding carboxylic acids is 2. The molecule has 156 valence electrons. The Morgan fingerprint density at radius 2 is 1.69 bits per heavy atom. The molecule has 0 aliphatic rings. The van der Waals surface area contributed by atoms with Gasteiger partial charge >= 0.3 is 0 Å². The fraction of sp³-hybridized carbons (Fsp3) is 0.391. The minimum atomic E-state index is -0.618. The Balaban J connectivity index is 2.14. The first-order valence-corrected chi connectivity index (χ1v) is 9.75. The molecule has 0 fully saturated rings. The van der Waals surface area contributed by atoms with Gasteiger partial charge in [-0.3, -0.25) is 9.59 Å². The van der Waals surface area contributed by atoms with Gasteiger partial charge < -0.3 is 19.7 Å². The number of hydrogen-bond acceptors (Lipinski definition) is 4. The van der Waals surface area contributed by atoms with Crippen molar-refractivity contribution in [2.75, 3.05) is 20.3 Å². The Kier molecular flexibility index (Phi) is 8.07. The SMILES string of the molecule is CCNC(=O)C(C)N(Cc1ccc(OC)cc1)C(=O)COc1ccc(C)c(C)c1. The van der Waals surface area contributed by atoms with Gasteiger partial charge in [0.05, 0.1) is 7.11 Å². The molecule has 0 bridgehead atoms. The second kappa shape index (κ2) is 10.5. The van der Waals surface area contributed by atoms with Crippen LogP contribution in [-0.2, 0) is 16.1 Å². The van der Waals surface area contributed by atoms with Crippen LogP contribution >= 0.6 is 0 Å². The number of ether oxygens (including phenoxy) is 2. The topological polar surface area (TPSA) is 67.9 Å². The van der Waals surface area contributed by atoms with Gasteiger partial charge in [0.15, 0.2) is 6.61 Å². The van der Waals surface area contributed by atoms with Gasteiger partial charge in [0.2, 0.25) is 5.91 Å². The average molecular weight is 399 g/mol. The molecule has 1 unspecified atom stereocenters. The predicted molar refractivity (Wildman–Crippen MR) is 113 cm³/mol. The van der Waals surface area contributed by atoms with Gasteiger partial charge in [0.25, 0.3) is 5.91 Å². The van der Waals surface area contributed by atoms with Crippen LogP contribution < -0.4 is 14.8 Å². The molecule has 6 heteroatoms. The summed E-state index contributed by atoms with van der Waals surface area (Å²) in [5.41, 5.74) is 3.16. The lowest BCUT2D eigenvalue weighted by molar-refractivity contribution is -0.142. The molecule has 6 nitrogen and oxygen atoms in total. The molecule has 2 aromatic rings. The number of rotatable bonds is 9. The molecule has 2 aromatic carbocycles. The lowest BCUT2D eigenvalue weighted by Crippen LogP contribution is -2.49. The number of nitrogens with one attached hydrogen (secondary N) is 1. The van der Waals surface area contributed by atoms with Crippen molar-refractivity contribution in [2.45, 2.75) is 40.3 Å². The van der Waals surface area contributed by atoms with E-state index in [4.69, 9.17) is 9.47 Å². The van der Waals surface area contributed by atoms with Crippen LogP contribution in [0.4, 0.5) is 0 Å². The molecule has 0 heterocycles. The second-order valence-corrected chi connectivity index (χ2v) is 6.98. The lowest BCUT2D eigenvalue weighted by atomic mass is 10.1. The molecule has 0 radical (unpaired) electrons. The number of benzene rings is 2. The average Bonchev–Trinajstić information content (AvgIpc) is 2.72. The predicted octanol–water partition coefficient (Wildman–Crippen LogP) is 3.24. The van der Waals surface area contributed by atoms with Crippen LogP contribution in [0.15, 0.2) is 42.5 Å². The van der Waals surface area contributed by atoms with Gasteiger partial charge in [0, 0.05) is 13.1 Å². The number of likely N-dealkylation sites (N-methyl/N-ethyl adjacent to an activating group) is 1. The van der Waals surface area contributed by atoms with Crippen molar-refractivity contribution >= 4 is 11.8 Å². The number of methoxy groups -OCH3 is 1. The third kappa shape index (κ3) is 6.24. The van der Waals surface area contributed by atoms with Crippen LogP contribution in [0, 0.1) is 13.8 Å². The quantitative estimate of drug-likeness (QED) is 0.704. The monoisotopic (exact) mass is 398 g/mol. The van der Waals surface area contributed by atoms with Gasteiger partial charge in [0.1, 0.15) is 17.5 Å². The maximum atomic E-state index is 12.9. The highest BCUT2D eigenvalue weighted by Crippen LogP contribution is 2.18. The van der Waals surface area contributed by atoms with Crippen molar-refractivity contribution in [1.82, 2.24) is 10.2 Å². The van der Waals surface area contributed by atoms with E-state index >= 15 is 0 Å². The zero-order chi connectivity index (χ0) is 21.4. The van der Waals surface area contributed by atoms with Crippen molar-refractivity contribution in [1.29, 1.82) is 0 Å². The summed E-state index contributed by atoms with van der Waals surface area (Å²) in [5, 5.41) is 2.78. The fourth-order valence-corrected chi connectivity index (χ4v) is 2.86. The van der Waals surface area contributed by atoms with Crippen molar-refractivity contribution in [3.8, 4) is 11.5 Å².